The van der Waals surface area contributed by atoms with Gasteiger partial charge in [-0.05, 0) is 68.5 Å². The Bertz CT molecular complexity index is 715. The van der Waals surface area contributed by atoms with Gasteiger partial charge in [0.1, 0.15) is 5.75 Å². The number of pyridine rings is 1. The average molecular weight is 324 g/mol. The fourth-order valence-corrected chi connectivity index (χ4v) is 3.29. The lowest BCUT2D eigenvalue weighted by Gasteiger charge is -2.28. The van der Waals surface area contributed by atoms with Crippen molar-refractivity contribution < 1.29 is 9.53 Å². The van der Waals surface area contributed by atoms with Gasteiger partial charge in [-0.3, -0.25) is 9.78 Å². The largest absolute Gasteiger partial charge is 0.481 e. The Labute approximate surface area is 143 Å². The fourth-order valence-electron chi connectivity index (χ4n) is 3.29. The van der Waals surface area contributed by atoms with Crippen LogP contribution in [0, 0.1) is 13.8 Å². The van der Waals surface area contributed by atoms with Crippen LogP contribution in [0.25, 0.3) is 0 Å². The molecule has 2 aromatic rings. The topological polar surface area (TPSA) is 42.4 Å². The molecular weight excluding hydrogens is 300 g/mol. The second-order valence-electron chi connectivity index (χ2n) is 6.43. The Morgan fingerprint density at radius 3 is 2.75 bits per heavy atom. The van der Waals surface area contributed by atoms with Gasteiger partial charge in [0.25, 0.3) is 5.91 Å². The molecule has 1 saturated heterocycles. The molecule has 2 atom stereocenters. The zero-order valence-corrected chi connectivity index (χ0v) is 14.5. The lowest BCUT2D eigenvalue weighted by molar-refractivity contribution is -0.138. The minimum absolute atomic E-state index is 0.0511. The van der Waals surface area contributed by atoms with Crippen LogP contribution in [-0.2, 0) is 4.79 Å². The predicted octanol–water partition coefficient (Wildman–Crippen LogP) is 3.83. The average Bonchev–Trinajstić information content (AvgIpc) is 3.08. The lowest BCUT2D eigenvalue weighted by Crippen LogP contribution is -2.40. The molecule has 0 saturated carbocycles. The first kappa shape index (κ1) is 16.5. The molecule has 4 heteroatoms. The number of carbonyl (C=O) groups excluding carboxylic acids is 1. The van der Waals surface area contributed by atoms with Crippen LogP contribution in [0.2, 0.25) is 0 Å². The van der Waals surface area contributed by atoms with Crippen LogP contribution in [0.15, 0.2) is 42.7 Å². The Kier molecular flexibility index (Phi) is 4.84. The Morgan fingerprint density at radius 2 is 2.00 bits per heavy atom. The molecule has 1 fully saturated rings. The van der Waals surface area contributed by atoms with Crippen LogP contribution >= 0.6 is 0 Å². The summed E-state index contributed by atoms with van der Waals surface area (Å²) in [6.45, 7) is 6.70. The van der Waals surface area contributed by atoms with E-state index in [2.05, 4.69) is 18.0 Å². The second kappa shape index (κ2) is 7.04. The summed E-state index contributed by atoms with van der Waals surface area (Å²) in [6.07, 6.45) is 5.09. The van der Waals surface area contributed by atoms with E-state index in [-0.39, 0.29) is 11.9 Å². The van der Waals surface area contributed by atoms with Crippen molar-refractivity contribution in [1.82, 2.24) is 9.88 Å². The minimum Gasteiger partial charge on any atom is -0.481 e. The van der Waals surface area contributed by atoms with E-state index < -0.39 is 6.10 Å². The summed E-state index contributed by atoms with van der Waals surface area (Å²) < 4.78 is 5.98. The quantitative estimate of drug-likeness (QED) is 0.858. The Hall–Kier alpha value is -2.36. The van der Waals surface area contributed by atoms with E-state index >= 15 is 0 Å². The lowest BCUT2D eigenvalue weighted by atomic mass is 10.1. The SMILES string of the molecule is Cc1cccc(O[C@@H](C)C(=O)N2CCC[C@H]2c2ccncc2)c1C. The fraction of sp³-hybridized carbons (Fsp3) is 0.400. The predicted molar refractivity (Wildman–Crippen MR) is 93.9 cm³/mol. The van der Waals surface area contributed by atoms with Gasteiger partial charge in [-0.2, -0.15) is 0 Å². The molecule has 0 radical (unpaired) electrons. The summed E-state index contributed by atoms with van der Waals surface area (Å²) in [5, 5.41) is 0. The van der Waals surface area contributed by atoms with E-state index in [4.69, 9.17) is 4.74 Å². The minimum atomic E-state index is -0.493. The maximum Gasteiger partial charge on any atom is 0.263 e. The van der Waals surface area contributed by atoms with Gasteiger partial charge in [-0.1, -0.05) is 12.1 Å². The number of ether oxygens (including phenoxy) is 1. The van der Waals surface area contributed by atoms with E-state index in [0.29, 0.717) is 0 Å². The van der Waals surface area contributed by atoms with Crippen molar-refractivity contribution in [2.75, 3.05) is 6.54 Å². The highest BCUT2D eigenvalue weighted by molar-refractivity contribution is 5.81. The smallest absolute Gasteiger partial charge is 0.263 e. The third kappa shape index (κ3) is 3.28. The summed E-state index contributed by atoms with van der Waals surface area (Å²) in [5.74, 6) is 0.839. The number of amides is 1. The molecule has 0 unspecified atom stereocenters. The summed E-state index contributed by atoms with van der Waals surface area (Å²) >= 11 is 0. The molecule has 1 aromatic carbocycles. The van der Waals surface area contributed by atoms with Gasteiger partial charge in [-0.15, -0.1) is 0 Å². The standard InChI is InChI=1S/C20H24N2O2/c1-14-6-4-8-19(15(14)2)24-16(3)20(23)22-13-5-7-18(22)17-9-11-21-12-10-17/h4,6,8-12,16,18H,5,7,13H2,1-3H3/t16-,18-/m0/s1. The number of benzene rings is 1. The highest BCUT2D eigenvalue weighted by atomic mass is 16.5. The maximum absolute atomic E-state index is 12.9. The van der Waals surface area contributed by atoms with E-state index in [1.54, 1.807) is 12.4 Å². The van der Waals surface area contributed by atoms with Gasteiger partial charge in [0.2, 0.25) is 0 Å². The van der Waals surface area contributed by atoms with Crippen LogP contribution in [0.1, 0.15) is 42.5 Å². The number of rotatable bonds is 4. The second-order valence-corrected chi connectivity index (χ2v) is 6.43. The monoisotopic (exact) mass is 324 g/mol. The van der Waals surface area contributed by atoms with Crippen molar-refractivity contribution in [3.05, 3.63) is 59.4 Å². The van der Waals surface area contributed by atoms with Gasteiger partial charge < -0.3 is 9.64 Å². The van der Waals surface area contributed by atoms with Gasteiger partial charge >= 0.3 is 0 Å². The molecular formula is C20H24N2O2. The van der Waals surface area contributed by atoms with E-state index in [0.717, 1.165) is 36.3 Å². The number of nitrogens with zero attached hydrogens (tertiary/aromatic N) is 2. The zero-order chi connectivity index (χ0) is 17.1. The molecule has 1 amide bonds. The van der Waals surface area contributed by atoms with Gasteiger partial charge in [0, 0.05) is 18.9 Å². The van der Waals surface area contributed by atoms with E-state index in [1.165, 1.54) is 5.56 Å². The molecule has 0 aliphatic carbocycles. The number of aromatic nitrogens is 1. The van der Waals surface area contributed by atoms with Gasteiger partial charge in [-0.25, -0.2) is 0 Å². The molecule has 2 heterocycles. The molecule has 4 nitrogen and oxygen atoms in total. The molecule has 3 rings (SSSR count). The van der Waals surface area contributed by atoms with E-state index in [1.807, 2.05) is 43.0 Å². The normalized spacial score (nSPS) is 18.5. The summed E-state index contributed by atoms with van der Waals surface area (Å²) in [4.78, 5) is 18.9. The van der Waals surface area contributed by atoms with Crippen molar-refractivity contribution in [3.63, 3.8) is 0 Å². The molecule has 24 heavy (non-hydrogen) atoms. The highest BCUT2D eigenvalue weighted by Crippen LogP contribution is 2.32. The highest BCUT2D eigenvalue weighted by Gasteiger charge is 2.33. The first-order chi connectivity index (χ1) is 11.6. The van der Waals surface area contributed by atoms with Crippen molar-refractivity contribution in [2.24, 2.45) is 0 Å². The van der Waals surface area contributed by atoms with Crippen molar-refractivity contribution >= 4 is 5.91 Å². The third-order valence-corrected chi connectivity index (χ3v) is 4.83. The molecule has 0 bridgehead atoms. The first-order valence-corrected chi connectivity index (χ1v) is 8.51. The molecule has 1 aromatic heterocycles. The summed E-state index contributed by atoms with van der Waals surface area (Å²) in [5.41, 5.74) is 3.40. The molecule has 0 N–H and O–H groups in total. The van der Waals surface area contributed by atoms with Crippen LogP contribution in [0.4, 0.5) is 0 Å². The van der Waals surface area contributed by atoms with Crippen molar-refractivity contribution in [2.45, 2.75) is 45.8 Å². The summed E-state index contributed by atoms with van der Waals surface area (Å²) in [6, 6.07) is 10.1. The Balaban J connectivity index is 1.74. The number of aryl methyl sites for hydroxylation is 1. The molecule has 1 aliphatic heterocycles. The zero-order valence-electron chi connectivity index (χ0n) is 14.5. The molecule has 0 spiro atoms. The molecule has 1 aliphatic rings. The van der Waals surface area contributed by atoms with Crippen LogP contribution < -0.4 is 4.74 Å². The van der Waals surface area contributed by atoms with Gasteiger partial charge in [0.05, 0.1) is 6.04 Å². The first-order valence-electron chi connectivity index (χ1n) is 8.51. The van der Waals surface area contributed by atoms with Gasteiger partial charge in [0.15, 0.2) is 6.10 Å². The Morgan fingerprint density at radius 1 is 1.25 bits per heavy atom. The van der Waals surface area contributed by atoms with E-state index in [9.17, 15) is 4.79 Å². The third-order valence-electron chi connectivity index (χ3n) is 4.83. The van der Waals surface area contributed by atoms with Crippen molar-refractivity contribution in [3.8, 4) is 5.75 Å². The van der Waals surface area contributed by atoms with Crippen LogP contribution in [-0.4, -0.2) is 28.4 Å². The maximum atomic E-state index is 12.9. The number of hydrogen-bond donors (Lipinski definition) is 0. The van der Waals surface area contributed by atoms with Crippen LogP contribution in [0.5, 0.6) is 5.75 Å². The number of likely N-dealkylation sites (tertiary alicyclic amines) is 1. The van der Waals surface area contributed by atoms with Crippen molar-refractivity contribution in [1.29, 1.82) is 0 Å². The summed E-state index contributed by atoms with van der Waals surface area (Å²) in [7, 11) is 0. The molecule has 126 valence electrons. The number of carbonyl (C=O) groups is 1. The number of hydrogen-bond acceptors (Lipinski definition) is 3. The van der Waals surface area contributed by atoms with Crippen LogP contribution in [0.3, 0.4) is 0 Å².